The van der Waals surface area contributed by atoms with Crippen molar-refractivity contribution in [2.24, 2.45) is 28.6 Å². The zero-order valence-corrected chi connectivity index (χ0v) is 27.1. The van der Waals surface area contributed by atoms with Gasteiger partial charge in [0.1, 0.15) is 12.6 Å². The highest BCUT2D eigenvalue weighted by molar-refractivity contribution is 6.99. The molecule has 2 bridgehead atoms. The Morgan fingerprint density at radius 2 is 1.57 bits per heavy atom. The second-order valence-electron chi connectivity index (χ2n) is 15.0. The number of ether oxygens (including phenoxy) is 2. The molecule has 6 rings (SSSR count). The highest BCUT2D eigenvalue weighted by atomic mass is 28.4. The van der Waals surface area contributed by atoms with E-state index in [1.54, 1.807) is 7.11 Å². The molecule has 4 saturated carbocycles. The zero-order chi connectivity index (χ0) is 30.2. The van der Waals surface area contributed by atoms with Gasteiger partial charge in [-0.2, -0.15) is 0 Å². The lowest BCUT2D eigenvalue weighted by molar-refractivity contribution is -0.211. The summed E-state index contributed by atoms with van der Waals surface area (Å²) in [5, 5.41) is 26.1. The topological polar surface area (TPSA) is 85.2 Å². The lowest BCUT2D eigenvalue weighted by atomic mass is 9.56. The summed E-state index contributed by atoms with van der Waals surface area (Å²) >= 11 is 0. The third-order valence-electron chi connectivity index (χ3n) is 12.3. The highest BCUT2D eigenvalue weighted by Crippen LogP contribution is 2.80. The number of hydrogen-bond donors (Lipinski definition) is 2. The van der Waals surface area contributed by atoms with Crippen LogP contribution in [-0.2, 0) is 18.7 Å². The first-order valence-electron chi connectivity index (χ1n) is 15.6. The predicted octanol–water partition coefficient (Wildman–Crippen LogP) is 4.45. The van der Waals surface area contributed by atoms with Gasteiger partial charge in [-0.05, 0) is 46.5 Å². The number of methoxy groups -OCH3 is 1. The third kappa shape index (κ3) is 3.77. The van der Waals surface area contributed by atoms with Gasteiger partial charge in [0.05, 0.1) is 17.3 Å². The SMILES string of the molecule is COCO[C@@]12C[C@@]3(C)[C@@H](O[Si](c4ccccc4)(c4ccccc4)C(C)(C)C)C[C@H]1[C@@]1(O)CC(=O)CC[C@H]1[C@]2(C)[C@H]3CO. The van der Waals surface area contributed by atoms with E-state index in [0.29, 0.717) is 25.7 Å². The summed E-state index contributed by atoms with van der Waals surface area (Å²) in [5.41, 5.74) is -2.89. The van der Waals surface area contributed by atoms with Gasteiger partial charge < -0.3 is 24.1 Å². The number of carbonyl (C=O) groups excluding carboxylic acids is 1. The molecule has 0 heterocycles. The number of Topliss-reactive ketones (excluding diaryl/α,β-unsaturated/α-hetero) is 1. The normalized spacial score (nSPS) is 39.4. The first-order chi connectivity index (χ1) is 19.8. The van der Waals surface area contributed by atoms with Crippen LogP contribution in [0.5, 0.6) is 0 Å². The van der Waals surface area contributed by atoms with E-state index in [2.05, 4.69) is 83.1 Å². The molecular weight excluding hydrogens is 544 g/mol. The number of ketones is 1. The Labute approximate surface area is 251 Å². The van der Waals surface area contributed by atoms with E-state index in [9.17, 15) is 15.0 Å². The van der Waals surface area contributed by atoms with Crippen molar-refractivity contribution in [2.75, 3.05) is 20.5 Å². The molecule has 2 N–H and O–H groups in total. The maximum absolute atomic E-state index is 13.0. The molecule has 2 aromatic carbocycles. The highest BCUT2D eigenvalue weighted by Gasteiger charge is 2.85. The summed E-state index contributed by atoms with van der Waals surface area (Å²) in [6.45, 7) is 11.4. The minimum absolute atomic E-state index is 0.0288. The first kappa shape index (κ1) is 30.2. The number of aliphatic hydroxyl groups excluding tert-OH is 1. The Morgan fingerprint density at radius 1 is 0.976 bits per heavy atom. The lowest BCUT2D eigenvalue weighted by Gasteiger charge is -2.56. The van der Waals surface area contributed by atoms with Crippen molar-refractivity contribution in [3.63, 3.8) is 0 Å². The first-order valence-corrected chi connectivity index (χ1v) is 17.5. The molecule has 0 aliphatic heterocycles. The van der Waals surface area contributed by atoms with Crippen LogP contribution in [0.3, 0.4) is 0 Å². The molecular formula is C35H48O6Si. The molecule has 228 valence electrons. The van der Waals surface area contributed by atoms with E-state index in [1.807, 2.05) is 12.1 Å². The van der Waals surface area contributed by atoms with Crippen molar-refractivity contribution in [1.29, 1.82) is 0 Å². The van der Waals surface area contributed by atoms with Gasteiger partial charge in [0.15, 0.2) is 0 Å². The molecule has 7 heteroatoms. The Kier molecular flexibility index (Phi) is 7.24. The van der Waals surface area contributed by atoms with Crippen LogP contribution in [-0.4, -0.2) is 62.1 Å². The minimum Gasteiger partial charge on any atom is -0.404 e. The number of aliphatic hydroxyl groups is 2. The molecule has 4 fully saturated rings. The zero-order valence-electron chi connectivity index (χ0n) is 26.1. The summed E-state index contributed by atoms with van der Waals surface area (Å²) in [6.07, 6.45) is 2.17. The Morgan fingerprint density at radius 3 is 2.10 bits per heavy atom. The Hall–Kier alpha value is -1.87. The van der Waals surface area contributed by atoms with Crippen LogP contribution in [0, 0.1) is 28.6 Å². The average molecular weight is 593 g/mol. The fourth-order valence-electron chi connectivity index (χ4n) is 10.7. The van der Waals surface area contributed by atoms with Crippen LogP contribution < -0.4 is 10.4 Å². The van der Waals surface area contributed by atoms with E-state index >= 15 is 0 Å². The minimum atomic E-state index is -2.94. The largest absolute Gasteiger partial charge is 0.404 e. The van der Waals surface area contributed by atoms with Gasteiger partial charge in [-0.15, -0.1) is 0 Å². The van der Waals surface area contributed by atoms with E-state index in [0.717, 1.165) is 0 Å². The van der Waals surface area contributed by atoms with Gasteiger partial charge in [0.25, 0.3) is 8.32 Å². The lowest BCUT2D eigenvalue weighted by Crippen LogP contribution is -2.70. The van der Waals surface area contributed by atoms with Gasteiger partial charge in [0.2, 0.25) is 0 Å². The van der Waals surface area contributed by atoms with Crippen LogP contribution in [0.4, 0.5) is 0 Å². The van der Waals surface area contributed by atoms with E-state index in [1.165, 1.54) is 10.4 Å². The van der Waals surface area contributed by atoms with Gasteiger partial charge in [-0.1, -0.05) is 95.3 Å². The van der Waals surface area contributed by atoms with Crippen molar-refractivity contribution in [1.82, 2.24) is 0 Å². The molecule has 0 amide bonds. The Balaban J connectivity index is 1.55. The monoisotopic (exact) mass is 592 g/mol. The van der Waals surface area contributed by atoms with Crippen LogP contribution in [0.15, 0.2) is 60.7 Å². The van der Waals surface area contributed by atoms with E-state index in [4.69, 9.17) is 13.9 Å². The molecule has 0 aromatic heterocycles. The van der Waals surface area contributed by atoms with Crippen LogP contribution >= 0.6 is 0 Å². The maximum atomic E-state index is 13.0. The summed E-state index contributed by atoms with van der Waals surface area (Å²) in [5.74, 6) is -0.524. The van der Waals surface area contributed by atoms with Gasteiger partial charge in [-0.25, -0.2) is 0 Å². The molecule has 42 heavy (non-hydrogen) atoms. The molecule has 0 radical (unpaired) electrons. The van der Waals surface area contributed by atoms with Crippen molar-refractivity contribution in [3.05, 3.63) is 60.7 Å². The second-order valence-corrected chi connectivity index (χ2v) is 19.2. The fourth-order valence-corrected chi connectivity index (χ4v) is 15.5. The van der Waals surface area contributed by atoms with Crippen molar-refractivity contribution >= 4 is 24.5 Å². The van der Waals surface area contributed by atoms with Crippen LogP contribution in [0.1, 0.15) is 66.7 Å². The quantitative estimate of drug-likeness (QED) is 0.348. The number of carbonyl (C=O) groups is 1. The number of rotatable bonds is 8. The maximum Gasteiger partial charge on any atom is 0.261 e. The molecule has 0 unspecified atom stereocenters. The van der Waals surface area contributed by atoms with Gasteiger partial charge in [-0.3, -0.25) is 4.79 Å². The van der Waals surface area contributed by atoms with Crippen molar-refractivity contribution in [3.8, 4) is 0 Å². The molecule has 0 spiro atoms. The number of fused-ring (bicyclic) bond motifs is 4. The van der Waals surface area contributed by atoms with Gasteiger partial charge >= 0.3 is 0 Å². The van der Waals surface area contributed by atoms with Crippen molar-refractivity contribution < 1.29 is 28.9 Å². The molecule has 8 atom stereocenters. The smallest absolute Gasteiger partial charge is 0.261 e. The summed E-state index contributed by atoms with van der Waals surface area (Å²) in [4.78, 5) is 13.0. The number of hydrogen-bond acceptors (Lipinski definition) is 6. The molecule has 4 aliphatic carbocycles. The van der Waals surface area contributed by atoms with E-state index < -0.39 is 30.3 Å². The second kappa shape index (κ2) is 10.1. The molecule has 4 aliphatic rings. The van der Waals surface area contributed by atoms with E-state index in [-0.39, 0.29) is 54.5 Å². The molecule has 6 nitrogen and oxygen atoms in total. The molecule has 0 saturated heterocycles. The molecule has 2 aromatic rings. The summed E-state index contributed by atoms with van der Waals surface area (Å²) in [6, 6.07) is 21.3. The van der Waals surface area contributed by atoms with Crippen LogP contribution in [0.25, 0.3) is 0 Å². The summed E-state index contributed by atoms with van der Waals surface area (Å²) in [7, 11) is -1.32. The Bertz CT molecular complexity index is 1270. The van der Waals surface area contributed by atoms with Crippen molar-refractivity contribution in [2.45, 2.75) is 89.1 Å². The van der Waals surface area contributed by atoms with Crippen LogP contribution in [0.2, 0.25) is 5.04 Å². The standard InChI is InChI=1S/C35H48O6Si/c1-31(2,3)42(25-13-9-7-10-14-25,26-15-11-8-12-16-26)41-30-19-28-34(38)20-24(37)17-18-27(34)33(5)29(21-36)32(30,4)22-35(28,33)40-23-39-6/h7-16,27-30,36,38H,17-23H2,1-6H3/t27-,28-,29-,30-,32+,33+,34+,35-/m0/s1. The average Bonchev–Trinajstić information content (AvgIpc) is 3.21. The van der Waals surface area contributed by atoms with Gasteiger partial charge in [0, 0.05) is 43.3 Å². The fraction of sp³-hybridized carbons (Fsp3) is 0.629. The predicted molar refractivity (Wildman–Crippen MR) is 165 cm³/mol. The third-order valence-corrected chi connectivity index (χ3v) is 17.3. The number of benzene rings is 2. The summed E-state index contributed by atoms with van der Waals surface area (Å²) < 4.78 is 20.1.